The van der Waals surface area contributed by atoms with E-state index in [2.05, 4.69) is 55.2 Å². The largest absolute Gasteiger partial charge is 0.368 e. The van der Waals surface area contributed by atoms with Crippen LogP contribution in [0.1, 0.15) is 19.3 Å². The van der Waals surface area contributed by atoms with Crippen molar-refractivity contribution in [3.63, 3.8) is 0 Å². The van der Waals surface area contributed by atoms with E-state index in [1.807, 2.05) is 41.7 Å². The molecule has 0 radical (unpaired) electrons. The second-order valence-corrected chi connectivity index (χ2v) is 10.0. The Morgan fingerprint density at radius 1 is 0.909 bits per heavy atom. The van der Waals surface area contributed by atoms with Gasteiger partial charge in [0, 0.05) is 60.7 Å². The molecule has 3 aromatic rings. The summed E-state index contributed by atoms with van der Waals surface area (Å²) in [7, 11) is 0. The Kier molecular flexibility index (Phi) is 7.09. The van der Waals surface area contributed by atoms with E-state index in [0.717, 1.165) is 63.7 Å². The number of urea groups is 1. The summed E-state index contributed by atoms with van der Waals surface area (Å²) >= 11 is 1.83. The molecule has 6 nitrogen and oxygen atoms in total. The number of para-hydroxylation sites is 1. The normalized spacial score (nSPS) is 18.5. The van der Waals surface area contributed by atoms with Crippen LogP contribution in [-0.4, -0.2) is 61.8 Å². The second kappa shape index (κ2) is 10.5. The van der Waals surface area contributed by atoms with Gasteiger partial charge in [0.15, 0.2) is 0 Å². The van der Waals surface area contributed by atoms with E-state index in [-0.39, 0.29) is 6.03 Å². The number of hydrogen-bond acceptors (Lipinski definition) is 5. The van der Waals surface area contributed by atoms with Crippen LogP contribution in [0.3, 0.4) is 0 Å². The molecule has 0 bridgehead atoms. The summed E-state index contributed by atoms with van der Waals surface area (Å²) in [5.74, 6) is 0.748. The molecule has 0 saturated carbocycles. The minimum Gasteiger partial charge on any atom is -0.368 e. The Morgan fingerprint density at radius 3 is 2.48 bits per heavy atom. The summed E-state index contributed by atoms with van der Waals surface area (Å²) in [6.45, 7) is 7.52. The number of hydrazine groups is 1. The molecule has 2 N–H and O–H groups in total. The Bertz CT molecular complexity index is 1040. The predicted octanol–water partition coefficient (Wildman–Crippen LogP) is 4.86. The molecule has 0 atom stereocenters. The van der Waals surface area contributed by atoms with Gasteiger partial charge < -0.3 is 10.2 Å². The molecule has 5 rings (SSSR count). The van der Waals surface area contributed by atoms with Gasteiger partial charge in [0.25, 0.3) is 0 Å². The lowest BCUT2D eigenvalue weighted by Crippen LogP contribution is -2.49. The van der Waals surface area contributed by atoms with Crippen molar-refractivity contribution in [2.45, 2.75) is 19.3 Å². The van der Waals surface area contributed by atoms with Gasteiger partial charge in [-0.15, -0.1) is 11.3 Å². The number of piperidine rings is 1. The van der Waals surface area contributed by atoms with E-state index in [9.17, 15) is 4.79 Å². The number of nitrogens with zero attached hydrogens (tertiary/aromatic N) is 3. The smallest absolute Gasteiger partial charge is 0.333 e. The quantitative estimate of drug-likeness (QED) is 0.548. The van der Waals surface area contributed by atoms with Gasteiger partial charge in [-0.1, -0.05) is 24.3 Å². The zero-order valence-electron chi connectivity index (χ0n) is 19.1. The van der Waals surface area contributed by atoms with Crippen molar-refractivity contribution in [2.24, 2.45) is 5.92 Å². The van der Waals surface area contributed by atoms with Gasteiger partial charge >= 0.3 is 6.03 Å². The van der Waals surface area contributed by atoms with E-state index in [0.29, 0.717) is 0 Å². The zero-order chi connectivity index (χ0) is 22.5. The van der Waals surface area contributed by atoms with Gasteiger partial charge in [-0.05, 0) is 67.4 Å². The van der Waals surface area contributed by atoms with Crippen molar-refractivity contribution in [1.29, 1.82) is 0 Å². The Morgan fingerprint density at radius 2 is 1.70 bits per heavy atom. The first-order chi connectivity index (χ1) is 16.2. The van der Waals surface area contributed by atoms with Crippen LogP contribution in [0.4, 0.5) is 16.2 Å². The summed E-state index contributed by atoms with van der Waals surface area (Å²) in [5, 5.41) is 8.54. The highest BCUT2D eigenvalue weighted by atomic mass is 32.1. The van der Waals surface area contributed by atoms with Crippen LogP contribution in [0.5, 0.6) is 0 Å². The second-order valence-electron chi connectivity index (χ2n) is 9.09. The summed E-state index contributed by atoms with van der Waals surface area (Å²) in [6, 6.07) is 18.4. The third kappa shape index (κ3) is 5.66. The molecule has 2 amide bonds. The van der Waals surface area contributed by atoms with Gasteiger partial charge in [-0.3, -0.25) is 10.3 Å². The first kappa shape index (κ1) is 22.2. The monoisotopic (exact) mass is 463 g/mol. The molecule has 0 aliphatic carbocycles. The maximum absolute atomic E-state index is 12.2. The minimum absolute atomic E-state index is 0.157. The van der Waals surface area contributed by atoms with Gasteiger partial charge in [0.2, 0.25) is 0 Å². The van der Waals surface area contributed by atoms with Gasteiger partial charge in [-0.25, -0.2) is 9.80 Å². The number of amides is 2. The van der Waals surface area contributed by atoms with E-state index in [1.54, 1.807) is 0 Å². The molecule has 3 heterocycles. The Balaban J connectivity index is 1.01. The SMILES string of the molecule is O=C(Nc1ccccc1)NN1CCC(CCN2CCN(c3cccc4sccc34)CC2)CC1. The summed E-state index contributed by atoms with van der Waals surface area (Å²) in [5.41, 5.74) is 5.20. The third-order valence-electron chi connectivity index (χ3n) is 6.95. The van der Waals surface area contributed by atoms with Crippen LogP contribution < -0.4 is 15.6 Å². The number of benzene rings is 2. The lowest BCUT2D eigenvalue weighted by atomic mass is 9.94. The fourth-order valence-corrected chi connectivity index (χ4v) is 5.80. The maximum atomic E-state index is 12.2. The summed E-state index contributed by atoms with van der Waals surface area (Å²) < 4.78 is 1.38. The number of thiophene rings is 1. The van der Waals surface area contributed by atoms with Gasteiger partial charge in [0.1, 0.15) is 0 Å². The first-order valence-electron chi connectivity index (χ1n) is 12.1. The third-order valence-corrected chi connectivity index (χ3v) is 7.83. The van der Waals surface area contributed by atoms with Crippen LogP contribution in [0.15, 0.2) is 60.0 Å². The average Bonchev–Trinajstić information content (AvgIpc) is 3.34. The van der Waals surface area contributed by atoms with Crippen LogP contribution in [0.2, 0.25) is 0 Å². The van der Waals surface area contributed by atoms with Crippen LogP contribution in [-0.2, 0) is 0 Å². The lowest BCUT2D eigenvalue weighted by molar-refractivity contribution is 0.125. The highest BCUT2D eigenvalue weighted by molar-refractivity contribution is 7.17. The van der Waals surface area contributed by atoms with Crippen molar-refractivity contribution in [3.8, 4) is 0 Å². The first-order valence-corrected chi connectivity index (χ1v) is 12.9. The molecule has 0 spiro atoms. The fraction of sp³-hybridized carbons (Fsp3) is 0.423. The fourth-order valence-electron chi connectivity index (χ4n) is 4.99. The van der Waals surface area contributed by atoms with Crippen LogP contribution in [0, 0.1) is 5.92 Å². The van der Waals surface area contributed by atoms with Crippen LogP contribution >= 0.6 is 11.3 Å². The highest BCUT2D eigenvalue weighted by Crippen LogP contribution is 2.31. The average molecular weight is 464 g/mol. The molecule has 7 heteroatoms. The molecule has 2 saturated heterocycles. The van der Waals surface area contributed by atoms with E-state index < -0.39 is 0 Å². The molecule has 2 aliphatic heterocycles. The molecule has 174 valence electrons. The molecule has 2 fully saturated rings. The number of fused-ring (bicyclic) bond motifs is 1. The number of nitrogens with one attached hydrogen (secondary N) is 2. The maximum Gasteiger partial charge on any atom is 0.333 e. The molecule has 1 aromatic heterocycles. The standard InChI is InChI=1S/C26H33N5OS/c32-26(27-22-5-2-1-3-6-22)28-31-14-10-21(11-15-31)9-13-29-16-18-30(19-17-29)24-7-4-8-25-23(24)12-20-33-25/h1-8,12,20-21H,9-11,13-19H2,(H2,27,28,32). The number of carbonyl (C=O) groups is 1. The molecular formula is C26H33N5OS. The number of hydrogen-bond donors (Lipinski definition) is 2. The molecule has 2 aliphatic rings. The van der Waals surface area contributed by atoms with Crippen molar-refractivity contribution < 1.29 is 4.79 Å². The topological polar surface area (TPSA) is 50.9 Å². The van der Waals surface area contributed by atoms with Crippen molar-refractivity contribution in [3.05, 3.63) is 60.0 Å². The van der Waals surface area contributed by atoms with Crippen molar-refractivity contribution >= 4 is 38.8 Å². The number of piperazine rings is 1. The van der Waals surface area contributed by atoms with E-state index >= 15 is 0 Å². The summed E-state index contributed by atoms with van der Waals surface area (Å²) in [4.78, 5) is 17.4. The summed E-state index contributed by atoms with van der Waals surface area (Å²) in [6.07, 6.45) is 3.54. The minimum atomic E-state index is -0.157. The van der Waals surface area contributed by atoms with Gasteiger partial charge in [0.05, 0.1) is 0 Å². The van der Waals surface area contributed by atoms with E-state index in [1.165, 1.54) is 28.7 Å². The number of anilines is 2. The molecule has 0 unspecified atom stereocenters. The Labute approximate surface area is 200 Å². The van der Waals surface area contributed by atoms with E-state index in [4.69, 9.17) is 0 Å². The zero-order valence-corrected chi connectivity index (χ0v) is 19.9. The molecule has 33 heavy (non-hydrogen) atoms. The predicted molar refractivity (Wildman–Crippen MR) is 138 cm³/mol. The highest BCUT2D eigenvalue weighted by Gasteiger charge is 2.23. The Hall–Kier alpha value is -2.61. The van der Waals surface area contributed by atoms with Gasteiger partial charge in [-0.2, -0.15) is 0 Å². The van der Waals surface area contributed by atoms with Crippen molar-refractivity contribution in [2.75, 3.05) is 56.0 Å². The number of carbonyl (C=O) groups excluding carboxylic acids is 1. The number of rotatable bonds is 6. The molecular weight excluding hydrogens is 430 g/mol. The van der Waals surface area contributed by atoms with Crippen LogP contribution in [0.25, 0.3) is 10.1 Å². The lowest BCUT2D eigenvalue weighted by Gasteiger charge is -2.38. The van der Waals surface area contributed by atoms with Crippen molar-refractivity contribution in [1.82, 2.24) is 15.3 Å². The molecule has 2 aromatic carbocycles.